The van der Waals surface area contributed by atoms with Crippen LogP contribution in [0, 0.1) is 0 Å². The summed E-state index contributed by atoms with van der Waals surface area (Å²) in [6.07, 6.45) is 1.03. The molecule has 98 valence electrons. The van der Waals surface area contributed by atoms with Gasteiger partial charge in [-0.25, -0.2) is 0 Å². The van der Waals surface area contributed by atoms with Crippen LogP contribution in [-0.2, 0) is 5.54 Å². The van der Waals surface area contributed by atoms with E-state index in [1.165, 1.54) is 0 Å². The summed E-state index contributed by atoms with van der Waals surface area (Å²) in [7, 11) is 0. The van der Waals surface area contributed by atoms with Crippen LogP contribution in [0.15, 0.2) is 27.7 Å². The fourth-order valence-corrected chi connectivity index (χ4v) is 3.28. The summed E-state index contributed by atoms with van der Waals surface area (Å²) in [6.45, 7) is 5.81. The fourth-order valence-electron chi connectivity index (χ4n) is 2.40. The van der Waals surface area contributed by atoms with Gasteiger partial charge in [0, 0.05) is 16.0 Å². The molecule has 1 unspecified atom stereocenters. The smallest absolute Gasteiger partial charge is 0.192 e. The Morgan fingerprint density at radius 3 is 2.89 bits per heavy atom. The lowest BCUT2D eigenvalue weighted by atomic mass is 9.91. The minimum absolute atomic E-state index is 0.238. The minimum Gasteiger partial charge on any atom is -0.370 e. The van der Waals surface area contributed by atoms with E-state index in [2.05, 4.69) is 39.7 Å². The summed E-state index contributed by atoms with van der Waals surface area (Å²) in [4.78, 5) is 6.52. The van der Waals surface area contributed by atoms with Gasteiger partial charge >= 0.3 is 0 Å². The third-order valence-electron chi connectivity index (χ3n) is 3.38. The Morgan fingerprint density at radius 2 is 2.28 bits per heavy atom. The highest BCUT2D eigenvalue weighted by Gasteiger charge is 2.40. The fraction of sp³-hybridized carbons (Fsp3) is 0.462. The molecular weight excluding hydrogens is 314 g/mol. The van der Waals surface area contributed by atoms with Gasteiger partial charge in [-0.05, 0) is 31.0 Å². The Kier molecular flexibility index (Phi) is 3.87. The van der Waals surface area contributed by atoms with Gasteiger partial charge in [0.2, 0.25) is 0 Å². The summed E-state index contributed by atoms with van der Waals surface area (Å²) >= 11 is 9.79. The molecule has 0 amide bonds. The van der Waals surface area contributed by atoms with Gasteiger partial charge in [0.1, 0.15) is 0 Å². The zero-order valence-electron chi connectivity index (χ0n) is 10.6. The number of hydrogen-bond donors (Lipinski definition) is 1. The quantitative estimate of drug-likeness (QED) is 0.923. The van der Waals surface area contributed by atoms with Crippen molar-refractivity contribution < 1.29 is 0 Å². The van der Waals surface area contributed by atoms with Crippen molar-refractivity contribution >= 4 is 33.5 Å². The average Bonchev–Trinajstić information content (AvgIpc) is 2.58. The van der Waals surface area contributed by atoms with Crippen molar-refractivity contribution in [1.82, 2.24) is 4.90 Å². The molecule has 1 aromatic rings. The van der Waals surface area contributed by atoms with Crippen LogP contribution in [0.25, 0.3) is 0 Å². The van der Waals surface area contributed by atoms with Gasteiger partial charge in [-0.1, -0.05) is 40.5 Å². The predicted molar refractivity (Wildman–Crippen MR) is 80.0 cm³/mol. The molecule has 1 heterocycles. The van der Waals surface area contributed by atoms with Crippen molar-refractivity contribution in [3.63, 3.8) is 0 Å². The van der Waals surface area contributed by atoms with Crippen LogP contribution in [0.3, 0.4) is 0 Å². The molecule has 5 heteroatoms. The van der Waals surface area contributed by atoms with Gasteiger partial charge < -0.3 is 10.6 Å². The number of guanidine groups is 1. The van der Waals surface area contributed by atoms with E-state index in [1.807, 2.05) is 18.2 Å². The molecule has 2 rings (SSSR count). The zero-order chi connectivity index (χ0) is 13.3. The normalized spacial score (nSPS) is 23.3. The summed E-state index contributed by atoms with van der Waals surface area (Å²) in [5, 5.41) is 0.748. The van der Waals surface area contributed by atoms with E-state index in [4.69, 9.17) is 17.3 Å². The molecule has 1 aromatic carbocycles. The topological polar surface area (TPSA) is 41.6 Å². The summed E-state index contributed by atoms with van der Waals surface area (Å²) in [5.41, 5.74) is 6.82. The van der Waals surface area contributed by atoms with Crippen LogP contribution in [0.2, 0.25) is 5.02 Å². The van der Waals surface area contributed by atoms with Gasteiger partial charge in [-0.2, -0.15) is 0 Å². The Hall–Kier alpha value is -0.740. The first kappa shape index (κ1) is 13.7. The molecule has 0 aromatic heterocycles. The number of nitrogens with zero attached hydrogens (tertiary/aromatic N) is 2. The standard InChI is InChI=1S/C13H17BrClN3/c1-3-6-18-12(16)17-8-13(18,2)10-5-4-9(14)7-11(10)15/h4-5,7H,3,6,8H2,1-2H3,(H2,16,17). The van der Waals surface area contributed by atoms with Gasteiger partial charge in [0.25, 0.3) is 0 Å². The Morgan fingerprint density at radius 1 is 1.56 bits per heavy atom. The van der Waals surface area contributed by atoms with E-state index in [-0.39, 0.29) is 5.54 Å². The maximum Gasteiger partial charge on any atom is 0.192 e. The van der Waals surface area contributed by atoms with E-state index in [0.717, 1.165) is 28.0 Å². The summed E-state index contributed by atoms with van der Waals surface area (Å²) in [5.74, 6) is 0.610. The minimum atomic E-state index is -0.238. The molecule has 1 aliphatic heterocycles. The number of hydrogen-bond acceptors (Lipinski definition) is 3. The number of aliphatic imine (C=N–C) groups is 1. The van der Waals surface area contributed by atoms with Crippen molar-refractivity contribution in [3.05, 3.63) is 33.3 Å². The largest absolute Gasteiger partial charge is 0.370 e. The van der Waals surface area contributed by atoms with Gasteiger partial charge in [-0.3, -0.25) is 4.99 Å². The predicted octanol–water partition coefficient (Wildman–Crippen LogP) is 3.36. The lowest BCUT2D eigenvalue weighted by Crippen LogP contribution is -2.47. The Balaban J connectivity index is 2.42. The van der Waals surface area contributed by atoms with Crippen molar-refractivity contribution in [1.29, 1.82) is 0 Å². The van der Waals surface area contributed by atoms with Crippen molar-refractivity contribution in [2.75, 3.05) is 13.1 Å². The zero-order valence-corrected chi connectivity index (χ0v) is 12.9. The highest BCUT2D eigenvalue weighted by atomic mass is 79.9. The van der Waals surface area contributed by atoms with E-state index >= 15 is 0 Å². The molecule has 3 nitrogen and oxygen atoms in total. The molecule has 1 atom stereocenters. The number of benzene rings is 1. The van der Waals surface area contributed by atoms with Crippen LogP contribution in [0.4, 0.5) is 0 Å². The molecule has 0 bridgehead atoms. The molecule has 0 radical (unpaired) electrons. The third kappa shape index (κ3) is 2.24. The SMILES string of the molecule is CCCN1C(N)=NCC1(C)c1ccc(Br)cc1Cl. The molecule has 18 heavy (non-hydrogen) atoms. The highest BCUT2D eigenvalue weighted by Crippen LogP contribution is 2.37. The van der Waals surface area contributed by atoms with Gasteiger partial charge in [-0.15, -0.1) is 0 Å². The van der Waals surface area contributed by atoms with Crippen LogP contribution >= 0.6 is 27.5 Å². The maximum absolute atomic E-state index is 6.36. The van der Waals surface area contributed by atoms with Crippen LogP contribution in [-0.4, -0.2) is 23.9 Å². The summed E-state index contributed by atoms with van der Waals surface area (Å²) in [6, 6.07) is 5.97. The second kappa shape index (κ2) is 5.10. The molecule has 0 spiro atoms. The van der Waals surface area contributed by atoms with E-state index in [1.54, 1.807) is 0 Å². The molecular formula is C13H17BrClN3. The number of nitrogens with two attached hydrogens (primary N) is 1. The molecule has 0 saturated carbocycles. The monoisotopic (exact) mass is 329 g/mol. The number of rotatable bonds is 3. The Labute approximate surface area is 121 Å². The highest BCUT2D eigenvalue weighted by molar-refractivity contribution is 9.10. The average molecular weight is 331 g/mol. The van der Waals surface area contributed by atoms with Crippen LogP contribution < -0.4 is 5.73 Å². The second-order valence-corrected chi connectivity index (χ2v) is 6.05. The first-order chi connectivity index (χ1) is 8.49. The summed E-state index contributed by atoms with van der Waals surface area (Å²) < 4.78 is 0.980. The molecule has 0 saturated heterocycles. The van der Waals surface area contributed by atoms with E-state index in [9.17, 15) is 0 Å². The molecule has 1 aliphatic rings. The first-order valence-electron chi connectivity index (χ1n) is 6.02. The number of halogens is 2. The van der Waals surface area contributed by atoms with Crippen molar-refractivity contribution in [2.45, 2.75) is 25.8 Å². The van der Waals surface area contributed by atoms with E-state index < -0.39 is 0 Å². The molecule has 0 aliphatic carbocycles. The van der Waals surface area contributed by atoms with Gasteiger partial charge in [0.15, 0.2) is 5.96 Å². The van der Waals surface area contributed by atoms with Crippen LogP contribution in [0.5, 0.6) is 0 Å². The van der Waals surface area contributed by atoms with Crippen LogP contribution in [0.1, 0.15) is 25.8 Å². The second-order valence-electron chi connectivity index (χ2n) is 4.72. The molecule has 2 N–H and O–H groups in total. The van der Waals surface area contributed by atoms with E-state index in [0.29, 0.717) is 12.5 Å². The maximum atomic E-state index is 6.36. The Bertz CT molecular complexity index is 489. The third-order valence-corrected chi connectivity index (χ3v) is 4.19. The lowest BCUT2D eigenvalue weighted by molar-refractivity contribution is 0.225. The van der Waals surface area contributed by atoms with Crippen molar-refractivity contribution in [3.8, 4) is 0 Å². The first-order valence-corrected chi connectivity index (χ1v) is 7.19. The molecule has 0 fully saturated rings. The van der Waals surface area contributed by atoms with Gasteiger partial charge in [0.05, 0.1) is 12.1 Å². The van der Waals surface area contributed by atoms with Crippen molar-refractivity contribution in [2.24, 2.45) is 10.7 Å². The lowest BCUT2D eigenvalue weighted by Gasteiger charge is -2.37.